The number of amides is 1. The van der Waals surface area contributed by atoms with Gasteiger partial charge in [0, 0.05) is 18.2 Å². The molecule has 1 saturated carbocycles. The van der Waals surface area contributed by atoms with Crippen LogP contribution >= 0.6 is 0 Å². The second-order valence-electron chi connectivity index (χ2n) is 7.98. The monoisotopic (exact) mass is 436 g/mol. The van der Waals surface area contributed by atoms with Gasteiger partial charge >= 0.3 is 5.88 Å². The number of furan rings is 1. The third kappa shape index (κ3) is 3.15. The van der Waals surface area contributed by atoms with Gasteiger partial charge in [0.05, 0.1) is 30.3 Å². The number of fused-ring (bicyclic) bond motifs is 3. The van der Waals surface area contributed by atoms with Crippen molar-refractivity contribution in [2.24, 2.45) is 5.10 Å². The fourth-order valence-electron chi connectivity index (χ4n) is 4.85. The topological polar surface area (TPSA) is 129 Å². The standard InChI is InChI=1S/C22H20N4O6/c1-31-13-8-15-14-4-2-3-5-18(14)25-11-17(21(27)16(9-13)20(15)25)22(28)24-23-10-12-6-7-19(32-12)26(29)30/h6-11,14,18H,2-5H2,1H3,(H,24,28). The number of nitrogens with one attached hydrogen (secondary N) is 1. The summed E-state index contributed by atoms with van der Waals surface area (Å²) in [6.45, 7) is 0. The zero-order chi connectivity index (χ0) is 22.4. The fraction of sp³-hybridized carbons (Fsp3) is 0.318. The van der Waals surface area contributed by atoms with Gasteiger partial charge in [-0.25, -0.2) is 5.43 Å². The average molecular weight is 436 g/mol. The van der Waals surface area contributed by atoms with Crippen LogP contribution in [-0.2, 0) is 0 Å². The lowest BCUT2D eigenvalue weighted by Gasteiger charge is -2.27. The third-order valence-electron chi connectivity index (χ3n) is 6.25. The number of carbonyl (C=O) groups excluding carboxylic acids is 1. The molecule has 32 heavy (non-hydrogen) atoms. The predicted octanol–water partition coefficient (Wildman–Crippen LogP) is 3.49. The Morgan fingerprint density at radius 2 is 2.16 bits per heavy atom. The molecule has 10 nitrogen and oxygen atoms in total. The summed E-state index contributed by atoms with van der Waals surface area (Å²) in [5.41, 5.74) is 3.87. The van der Waals surface area contributed by atoms with Crippen molar-refractivity contribution in [2.45, 2.75) is 37.6 Å². The number of rotatable bonds is 5. The molecule has 5 rings (SSSR count). The molecule has 1 aliphatic heterocycles. The first kappa shape index (κ1) is 20.0. The molecule has 1 aliphatic carbocycles. The van der Waals surface area contributed by atoms with Crippen molar-refractivity contribution in [3.8, 4) is 5.75 Å². The van der Waals surface area contributed by atoms with Crippen molar-refractivity contribution in [1.29, 1.82) is 0 Å². The van der Waals surface area contributed by atoms with Crippen LogP contribution in [0.15, 0.2) is 44.8 Å². The molecule has 0 bridgehead atoms. The molecular formula is C22H20N4O6. The van der Waals surface area contributed by atoms with Crippen LogP contribution < -0.4 is 15.6 Å². The van der Waals surface area contributed by atoms with Gasteiger partial charge in [0.25, 0.3) is 5.91 Å². The first-order chi connectivity index (χ1) is 15.5. The molecule has 1 fully saturated rings. The van der Waals surface area contributed by atoms with Crippen molar-refractivity contribution in [2.75, 3.05) is 7.11 Å². The largest absolute Gasteiger partial charge is 0.497 e. The molecule has 2 aliphatic rings. The minimum atomic E-state index is -0.671. The lowest BCUT2D eigenvalue weighted by molar-refractivity contribution is -0.402. The van der Waals surface area contributed by atoms with Gasteiger partial charge in [0.1, 0.15) is 16.2 Å². The molecule has 2 atom stereocenters. The van der Waals surface area contributed by atoms with Gasteiger partial charge in [0.2, 0.25) is 5.43 Å². The summed E-state index contributed by atoms with van der Waals surface area (Å²) in [5.74, 6) is -0.101. The molecule has 10 heteroatoms. The van der Waals surface area contributed by atoms with Gasteiger partial charge < -0.3 is 13.7 Å². The van der Waals surface area contributed by atoms with E-state index in [4.69, 9.17) is 9.15 Å². The minimum absolute atomic E-state index is 0.0227. The second kappa shape index (κ2) is 7.63. The Morgan fingerprint density at radius 3 is 2.91 bits per heavy atom. The molecule has 0 radical (unpaired) electrons. The van der Waals surface area contributed by atoms with Crippen LogP contribution in [0.3, 0.4) is 0 Å². The molecule has 1 amide bonds. The van der Waals surface area contributed by atoms with E-state index in [1.165, 1.54) is 12.1 Å². The van der Waals surface area contributed by atoms with E-state index in [2.05, 4.69) is 15.1 Å². The van der Waals surface area contributed by atoms with E-state index in [9.17, 15) is 19.7 Å². The average Bonchev–Trinajstić information content (AvgIpc) is 3.39. The highest BCUT2D eigenvalue weighted by Crippen LogP contribution is 2.49. The number of hydrogen-bond acceptors (Lipinski definition) is 7. The first-order valence-corrected chi connectivity index (χ1v) is 10.3. The maximum absolute atomic E-state index is 13.2. The van der Waals surface area contributed by atoms with Crippen molar-refractivity contribution in [1.82, 2.24) is 9.99 Å². The Labute approximate surface area is 181 Å². The van der Waals surface area contributed by atoms with Gasteiger partial charge in [-0.2, -0.15) is 5.10 Å². The number of methoxy groups -OCH3 is 1. The van der Waals surface area contributed by atoms with E-state index in [1.807, 2.05) is 6.07 Å². The molecule has 3 heterocycles. The lowest BCUT2D eigenvalue weighted by atomic mass is 9.82. The molecule has 0 spiro atoms. The molecule has 0 saturated heterocycles. The van der Waals surface area contributed by atoms with Crippen LogP contribution in [0.5, 0.6) is 5.75 Å². The van der Waals surface area contributed by atoms with Crippen molar-refractivity contribution in [3.05, 3.63) is 67.7 Å². The van der Waals surface area contributed by atoms with Crippen LogP contribution in [0.2, 0.25) is 0 Å². The molecule has 3 aromatic rings. The quantitative estimate of drug-likeness (QED) is 0.370. The molecule has 2 aromatic heterocycles. The Morgan fingerprint density at radius 1 is 1.34 bits per heavy atom. The number of carbonyl (C=O) groups is 1. The highest BCUT2D eigenvalue weighted by Gasteiger charge is 2.37. The maximum Gasteiger partial charge on any atom is 0.433 e. The van der Waals surface area contributed by atoms with Crippen LogP contribution in [0.4, 0.5) is 5.88 Å². The number of nitrogens with zero attached hydrogens (tertiary/aromatic N) is 3. The smallest absolute Gasteiger partial charge is 0.433 e. The van der Waals surface area contributed by atoms with E-state index in [0.29, 0.717) is 17.1 Å². The SMILES string of the molecule is COc1cc2c3c(c1)c(=O)c(C(=O)NN=Cc1ccc([N+](=O)[O-])o1)cn3C1CCCCC21. The van der Waals surface area contributed by atoms with Crippen LogP contribution in [0.1, 0.15) is 59.3 Å². The number of nitro groups is 1. The molecular weight excluding hydrogens is 416 g/mol. The zero-order valence-corrected chi connectivity index (χ0v) is 17.2. The zero-order valence-electron chi connectivity index (χ0n) is 17.2. The van der Waals surface area contributed by atoms with Gasteiger partial charge in [-0.1, -0.05) is 12.8 Å². The second-order valence-corrected chi connectivity index (χ2v) is 7.98. The van der Waals surface area contributed by atoms with Gasteiger partial charge in [-0.15, -0.1) is 0 Å². The summed E-state index contributed by atoms with van der Waals surface area (Å²) < 4.78 is 12.4. The minimum Gasteiger partial charge on any atom is -0.497 e. The highest BCUT2D eigenvalue weighted by atomic mass is 16.6. The normalized spacial score (nSPS) is 19.3. The van der Waals surface area contributed by atoms with Crippen LogP contribution in [-0.4, -0.2) is 28.7 Å². The lowest BCUT2D eigenvalue weighted by Crippen LogP contribution is -2.27. The summed E-state index contributed by atoms with van der Waals surface area (Å²) in [5, 5.41) is 14.9. The highest BCUT2D eigenvalue weighted by molar-refractivity contribution is 5.99. The van der Waals surface area contributed by atoms with E-state index >= 15 is 0 Å². The number of aromatic nitrogens is 1. The summed E-state index contributed by atoms with van der Waals surface area (Å²) >= 11 is 0. The molecule has 164 valence electrons. The van der Waals surface area contributed by atoms with E-state index in [1.54, 1.807) is 19.4 Å². The third-order valence-corrected chi connectivity index (χ3v) is 6.25. The molecule has 2 unspecified atom stereocenters. The van der Waals surface area contributed by atoms with Crippen molar-refractivity contribution >= 4 is 28.9 Å². The van der Waals surface area contributed by atoms with Crippen LogP contribution in [0, 0.1) is 10.1 Å². The van der Waals surface area contributed by atoms with Crippen molar-refractivity contribution in [3.63, 3.8) is 0 Å². The molecule has 1 aromatic carbocycles. The Balaban J connectivity index is 1.51. The number of ether oxygens (including phenoxy) is 1. The van der Waals surface area contributed by atoms with E-state index < -0.39 is 22.1 Å². The fourth-order valence-corrected chi connectivity index (χ4v) is 4.85. The maximum atomic E-state index is 13.2. The van der Waals surface area contributed by atoms with Crippen molar-refractivity contribution < 1.29 is 18.9 Å². The first-order valence-electron chi connectivity index (χ1n) is 10.3. The summed E-state index contributed by atoms with van der Waals surface area (Å²) in [7, 11) is 1.56. The summed E-state index contributed by atoms with van der Waals surface area (Å²) in [6.07, 6.45) is 7.01. The van der Waals surface area contributed by atoms with E-state index in [0.717, 1.165) is 43.0 Å². The number of benzene rings is 1. The van der Waals surface area contributed by atoms with Crippen LogP contribution in [0.25, 0.3) is 10.9 Å². The van der Waals surface area contributed by atoms with E-state index in [-0.39, 0.29) is 17.4 Å². The number of hydrazone groups is 1. The Kier molecular flexibility index (Phi) is 4.76. The van der Waals surface area contributed by atoms with Gasteiger partial charge in [-0.3, -0.25) is 19.7 Å². The summed E-state index contributed by atoms with van der Waals surface area (Å²) in [6, 6.07) is 6.42. The molecule has 1 N–H and O–H groups in total. The Bertz CT molecular complexity index is 1340. The number of hydrogen-bond donors (Lipinski definition) is 1. The summed E-state index contributed by atoms with van der Waals surface area (Å²) in [4.78, 5) is 36.0. The predicted molar refractivity (Wildman–Crippen MR) is 115 cm³/mol. The Hall–Kier alpha value is -3.95. The van der Waals surface area contributed by atoms with Gasteiger partial charge in [-0.05, 0) is 36.6 Å². The van der Waals surface area contributed by atoms with Gasteiger partial charge in [0.15, 0.2) is 5.76 Å². The number of pyridine rings is 1.